The zero-order valence-electron chi connectivity index (χ0n) is 11.9. The second-order valence-electron chi connectivity index (χ2n) is 4.48. The third-order valence-electron chi connectivity index (χ3n) is 2.94. The first-order valence-corrected chi connectivity index (χ1v) is 6.49. The first kappa shape index (κ1) is 15.9. The van der Waals surface area contributed by atoms with E-state index in [0.29, 0.717) is 12.2 Å². The van der Waals surface area contributed by atoms with Gasteiger partial charge in [0.1, 0.15) is 5.75 Å². The molecule has 0 bridgehead atoms. The standard InChI is InChI=1S/C14H19NO5/c1-4-5-6-12(14(16)19-3)20-13-9-11(15(17)18)8-7-10(13)2/h7-9,12H,4-6H2,1-3H3. The molecule has 0 amide bonds. The van der Waals surface area contributed by atoms with E-state index in [4.69, 9.17) is 9.47 Å². The van der Waals surface area contributed by atoms with Gasteiger partial charge in [0.25, 0.3) is 5.69 Å². The van der Waals surface area contributed by atoms with E-state index in [2.05, 4.69) is 0 Å². The fraction of sp³-hybridized carbons (Fsp3) is 0.500. The summed E-state index contributed by atoms with van der Waals surface area (Å²) in [4.78, 5) is 21.9. The minimum Gasteiger partial charge on any atom is -0.478 e. The molecular weight excluding hydrogens is 262 g/mol. The third kappa shape index (κ3) is 4.22. The van der Waals surface area contributed by atoms with Crippen LogP contribution >= 0.6 is 0 Å². The third-order valence-corrected chi connectivity index (χ3v) is 2.94. The number of carbonyl (C=O) groups is 1. The van der Waals surface area contributed by atoms with Gasteiger partial charge in [-0.15, -0.1) is 0 Å². The number of methoxy groups -OCH3 is 1. The lowest BCUT2D eigenvalue weighted by Gasteiger charge is -2.17. The van der Waals surface area contributed by atoms with Crippen LogP contribution in [0, 0.1) is 17.0 Å². The van der Waals surface area contributed by atoms with Gasteiger partial charge in [0.05, 0.1) is 18.1 Å². The average molecular weight is 281 g/mol. The summed E-state index contributed by atoms with van der Waals surface area (Å²) in [7, 11) is 1.30. The van der Waals surface area contributed by atoms with Crippen molar-refractivity contribution in [2.75, 3.05) is 7.11 Å². The normalized spacial score (nSPS) is 11.8. The highest BCUT2D eigenvalue weighted by Crippen LogP contribution is 2.26. The monoisotopic (exact) mass is 281 g/mol. The van der Waals surface area contributed by atoms with Gasteiger partial charge in [-0.05, 0) is 31.4 Å². The number of hydrogen-bond donors (Lipinski definition) is 0. The molecule has 0 saturated carbocycles. The molecule has 1 unspecified atom stereocenters. The maximum atomic E-state index is 11.7. The number of ether oxygens (including phenoxy) is 2. The zero-order valence-corrected chi connectivity index (χ0v) is 11.9. The molecule has 1 aromatic rings. The second kappa shape index (κ2) is 7.47. The molecular formula is C14H19NO5. The average Bonchev–Trinajstić information content (AvgIpc) is 2.44. The fourth-order valence-electron chi connectivity index (χ4n) is 1.73. The SMILES string of the molecule is CCCCC(Oc1cc([N+](=O)[O-])ccc1C)C(=O)OC. The van der Waals surface area contributed by atoms with Crippen LogP contribution in [-0.2, 0) is 9.53 Å². The quantitative estimate of drug-likeness (QED) is 0.436. The molecule has 20 heavy (non-hydrogen) atoms. The van der Waals surface area contributed by atoms with Gasteiger partial charge in [-0.25, -0.2) is 4.79 Å². The molecule has 1 rings (SSSR count). The van der Waals surface area contributed by atoms with Crippen molar-refractivity contribution in [2.24, 2.45) is 0 Å². The van der Waals surface area contributed by atoms with E-state index in [-0.39, 0.29) is 5.69 Å². The van der Waals surface area contributed by atoms with Crippen LogP contribution in [0.5, 0.6) is 5.75 Å². The predicted octanol–water partition coefficient (Wildman–Crippen LogP) is 3.01. The zero-order chi connectivity index (χ0) is 15.1. The summed E-state index contributed by atoms with van der Waals surface area (Å²) >= 11 is 0. The van der Waals surface area contributed by atoms with Crippen molar-refractivity contribution >= 4 is 11.7 Å². The van der Waals surface area contributed by atoms with Crippen molar-refractivity contribution in [1.82, 2.24) is 0 Å². The number of nitrogens with zero attached hydrogens (tertiary/aromatic N) is 1. The smallest absolute Gasteiger partial charge is 0.347 e. The molecule has 0 N–H and O–H groups in total. The van der Waals surface area contributed by atoms with Crippen molar-refractivity contribution in [3.63, 3.8) is 0 Å². The van der Waals surface area contributed by atoms with E-state index in [1.54, 1.807) is 13.0 Å². The van der Waals surface area contributed by atoms with Crippen LogP contribution in [0.2, 0.25) is 0 Å². The molecule has 6 nitrogen and oxygen atoms in total. The van der Waals surface area contributed by atoms with E-state index >= 15 is 0 Å². The number of benzene rings is 1. The number of hydrogen-bond acceptors (Lipinski definition) is 5. The molecule has 0 spiro atoms. The lowest BCUT2D eigenvalue weighted by Crippen LogP contribution is -2.28. The van der Waals surface area contributed by atoms with E-state index in [1.165, 1.54) is 19.2 Å². The Balaban J connectivity index is 2.94. The van der Waals surface area contributed by atoms with Crippen LogP contribution < -0.4 is 4.74 Å². The number of unbranched alkanes of at least 4 members (excludes halogenated alkanes) is 1. The van der Waals surface area contributed by atoms with Gasteiger partial charge in [0.2, 0.25) is 0 Å². The Labute approximate surface area is 117 Å². The van der Waals surface area contributed by atoms with Crippen molar-refractivity contribution in [3.8, 4) is 5.75 Å². The van der Waals surface area contributed by atoms with E-state index in [9.17, 15) is 14.9 Å². The van der Waals surface area contributed by atoms with Crippen LogP contribution in [0.1, 0.15) is 31.7 Å². The molecule has 0 fully saturated rings. The molecule has 0 aliphatic carbocycles. The Morgan fingerprint density at radius 3 is 2.70 bits per heavy atom. The highest BCUT2D eigenvalue weighted by molar-refractivity contribution is 5.75. The summed E-state index contributed by atoms with van der Waals surface area (Å²) in [5.74, 6) is -0.130. The van der Waals surface area contributed by atoms with Crippen molar-refractivity contribution in [2.45, 2.75) is 39.2 Å². The number of nitro groups is 1. The molecule has 1 aromatic carbocycles. The van der Waals surface area contributed by atoms with E-state index < -0.39 is 17.0 Å². The first-order valence-electron chi connectivity index (χ1n) is 6.49. The minimum absolute atomic E-state index is 0.0651. The highest BCUT2D eigenvalue weighted by atomic mass is 16.6. The molecule has 110 valence electrons. The molecule has 0 radical (unpaired) electrons. The summed E-state index contributed by atoms with van der Waals surface area (Å²) in [6.07, 6.45) is 1.52. The molecule has 0 aliphatic heterocycles. The van der Waals surface area contributed by atoms with Crippen molar-refractivity contribution < 1.29 is 19.2 Å². The molecule has 6 heteroatoms. The maximum Gasteiger partial charge on any atom is 0.347 e. The Morgan fingerprint density at radius 2 is 2.15 bits per heavy atom. The molecule has 0 aliphatic rings. The number of aryl methyl sites for hydroxylation is 1. The number of rotatable bonds is 7. The van der Waals surface area contributed by atoms with Crippen LogP contribution in [0.4, 0.5) is 5.69 Å². The van der Waals surface area contributed by atoms with Crippen LogP contribution in [0.15, 0.2) is 18.2 Å². The Kier molecular flexibility index (Phi) is 5.96. The minimum atomic E-state index is -0.736. The summed E-state index contributed by atoms with van der Waals surface area (Å²) in [6, 6.07) is 4.33. The van der Waals surface area contributed by atoms with E-state index in [1.807, 2.05) is 6.92 Å². The van der Waals surface area contributed by atoms with E-state index in [0.717, 1.165) is 18.4 Å². The summed E-state index contributed by atoms with van der Waals surface area (Å²) in [6.45, 7) is 3.78. The Hall–Kier alpha value is -2.11. The Morgan fingerprint density at radius 1 is 1.45 bits per heavy atom. The molecule has 0 aromatic heterocycles. The largest absolute Gasteiger partial charge is 0.478 e. The van der Waals surface area contributed by atoms with Gasteiger partial charge in [0, 0.05) is 6.07 Å². The van der Waals surface area contributed by atoms with Crippen LogP contribution in [0.3, 0.4) is 0 Å². The maximum absolute atomic E-state index is 11.7. The summed E-state index contributed by atoms with van der Waals surface area (Å²) < 4.78 is 10.3. The highest BCUT2D eigenvalue weighted by Gasteiger charge is 2.22. The lowest BCUT2D eigenvalue weighted by molar-refractivity contribution is -0.385. The second-order valence-corrected chi connectivity index (χ2v) is 4.48. The van der Waals surface area contributed by atoms with Crippen LogP contribution in [0.25, 0.3) is 0 Å². The summed E-state index contributed by atoms with van der Waals surface area (Å²) in [5, 5.41) is 10.8. The van der Waals surface area contributed by atoms with Gasteiger partial charge >= 0.3 is 5.97 Å². The number of nitro benzene ring substituents is 1. The van der Waals surface area contributed by atoms with Crippen molar-refractivity contribution in [3.05, 3.63) is 33.9 Å². The number of carbonyl (C=O) groups excluding carboxylic acids is 1. The lowest BCUT2D eigenvalue weighted by atomic mass is 10.1. The Bertz CT molecular complexity index is 486. The molecule has 0 heterocycles. The number of esters is 1. The molecule has 1 atom stereocenters. The van der Waals surface area contributed by atoms with Gasteiger partial charge in [-0.1, -0.05) is 13.3 Å². The van der Waals surface area contributed by atoms with Gasteiger partial charge < -0.3 is 9.47 Å². The molecule has 0 saturated heterocycles. The van der Waals surface area contributed by atoms with Gasteiger partial charge in [-0.3, -0.25) is 10.1 Å². The number of non-ortho nitro benzene ring substituents is 1. The van der Waals surface area contributed by atoms with Crippen molar-refractivity contribution in [1.29, 1.82) is 0 Å². The first-order chi connectivity index (χ1) is 9.49. The van der Waals surface area contributed by atoms with Gasteiger partial charge in [0.15, 0.2) is 6.10 Å². The van der Waals surface area contributed by atoms with Gasteiger partial charge in [-0.2, -0.15) is 0 Å². The topological polar surface area (TPSA) is 78.7 Å². The summed E-state index contributed by atoms with van der Waals surface area (Å²) in [5.41, 5.74) is 0.672. The predicted molar refractivity (Wildman–Crippen MR) is 73.8 cm³/mol. The van der Waals surface area contributed by atoms with Crippen LogP contribution in [-0.4, -0.2) is 24.1 Å². The fourth-order valence-corrected chi connectivity index (χ4v) is 1.73.